The first-order valence-electron chi connectivity index (χ1n) is 6.39. The van der Waals surface area contributed by atoms with E-state index >= 15 is 0 Å². The van der Waals surface area contributed by atoms with E-state index in [1.54, 1.807) is 0 Å². The summed E-state index contributed by atoms with van der Waals surface area (Å²) in [5, 5.41) is 8.84. The molecule has 1 aliphatic rings. The lowest BCUT2D eigenvalue weighted by molar-refractivity contribution is 0.0661. The summed E-state index contributed by atoms with van der Waals surface area (Å²) in [7, 11) is -3.70. The average Bonchev–Trinajstić information content (AvgIpc) is 2.96. The Morgan fingerprint density at radius 1 is 1.60 bits per heavy atom. The third kappa shape index (κ3) is 2.91. The Labute approximate surface area is 125 Å². The summed E-state index contributed by atoms with van der Waals surface area (Å²) in [5.74, 6) is -1.31. The monoisotopic (exact) mass is 365 g/mol. The Kier molecular flexibility index (Phi) is 4.55. The van der Waals surface area contributed by atoms with Crippen molar-refractivity contribution in [2.45, 2.75) is 31.1 Å². The molecule has 0 bridgehead atoms. The predicted molar refractivity (Wildman–Crippen MR) is 75.1 cm³/mol. The van der Waals surface area contributed by atoms with Crippen molar-refractivity contribution < 1.29 is 22.7 Å². The van der Waals surface area contributed by atoms with Crippen molar-refractivity contribution in [1.29, 1.82) is 0 Å². The summed E-state index contributed by atoms with van der Waals surface area (Å²) in [6, 6.07) is 1.05. The van der Waals surface area contributed by atoms with E-state index in [-0.39, 0.29) is 15.3 Å². The van der Waals surface area contributed by atoms with Gasteiger partial charge in [-0.05, 0) is 34.7 Å². The van der Waals surface area contributed by atoms with Gasteiger partial charge in [-0.1, -0.05) is 13.3 Å². The molecule has 1 fully saturated rings. The van der Waals surface area contributed by atoms with Crippen LogP contribution in [0.25, 0.3) is 0 Å². The van der Waals surface area contributed by atoms with Gasteiger partial charge in [0.05, 0.1) is 0 Å². The highest BCUT2D eigenvalue weighted by Crippen LogP contribution is 2.32. The van der Waals surface area contributed by atoms with Crippen molar-refractivity contribution in [3.8, 4) is 0 Å². The van der Waals surface area contributed by atoms with Gasteiger partial charge in [0.25, 0.3) is 0 Å². The van der Waals surface area contributed by atoms with Crippen LogP contribution in [0.3, 0.4) is 0 Å². The molecule has 1 aliphatic heterocycles. The molecular weight excluding hydrogens is 350 g/mol. The van der Waals surface area contributed by atoms with Gasteiger partial charge in [0.2, 0.25) is 15.8 Å². The lowest BCUT2D eigenvalue weighted by atomic mass is 10.0. The predicted octanol–water partition coefficient (Wildman–Crippen LogP) is 2.55. The lowest BCUT2D eigenvalue weighted by Crippen LogP contribution is -2.28. The number of furan rings is 1. The molecule has 1 saturated heterocycles. The first-order chi connectivity index (χ1) is 9.36. The van der Waals surface area contributed by atoms with Crippen LogP contribution in [0.2, 0.25) is 0 Å². The summed E-state index contributed by atoms with van der Waals surface area (Å²) in [4.78, 5) is 10.7. The third-order valence-corrected chi connectivity index (χ3v) is 6.15. The number of nitrogens with zero attached hydrogens (tertiary/aromatic N) is 1. The Balaban J connectivity index is 2.25. The minimum atomic E-state index is -3.70. The fourth-order valence-corrected chi connectivity index (χ4v) is 4.87. The quantitative estimate of drug-likeness (QED) is 0.865. The summed E-state index contributed by atoms with van der Waals surface area (Å²) < 4.78 is 31.2. The van der Waals surface area contributed by atoms with E-state index in [1.165, 1.54) is 4.31 Å². The number of halogens is 1. The number of hydrogen-bond acceptors (Lipinski definition) is 4. The molecular formula is C12H16BrNO5S. The molecule has 112 valence electrons. The smallest absolute Gasteiger partial charge is 0.371 e. The maximum absolute atomic E-state index is 12.5. The fourth-order valence-electron chi connectivity index (χ4n) is 2.43. The second-order valence-corrected chi connectivity index (χ2v) is 7.49. The van der Waals surface area contributed by atoms with Crippen LogP contribution in [0.1, 0.15) is 36.7 Å². The maximum Gasteiger partial charge on any atom is 0.371 e. The van der Waals surface area contributed by atoms with Crippen LogP contribution >= 0.6 is 15.9 Å². The molecule has 0 radical (unpaired) electrons. The van der Waals surface area contributed by atoms with Gasteiger partial charge in [0, 0.05) is 19.2 Å². The minimum Gasteiger partial charge on any atom is -0.475 e. The number of carboxylic acid groups (broad SMARTS) is 1. The van der Waals surface area contributed by atoms with Crippen molar-refractivity contribution >= 4 is 31.9 Å². The van der Waals surface area contributed by atoms with Crippen LogP contribution in [0.15, 0.2) is 20.0 Å². The van der Waals surface area contributed by atoms with E-state index in [0.717, 1.165) is 25.3 Å². The molecule has 8 heteroatoms. The van der Waals surface area contributed by atoms with E-state index in [9.17, 15) is 13.2 Å². The van der Waals surface area contributed by atoms with Gasteiger partial charge in [0.15, 0.2) is 4.67 Å². The highest BCUT2D eigenvalue weighted by molar-refractivity contribution is 9.10. The molecule has 0 spiro atoms. The zero-order valence-electron chi connectivity index (χ0n) is 11.0. The number of carboxylic acids is 1. The molecule has 1 N–H and O–H groups in total. The number of carbonyl (C=O) groups is 1. The van der Waals surface area contributed by atoms with Crippen LogP contribution < -0.4 is 0 Å². The van der Waals surface area contributed by atoms with Crippen LogP contribution in [0.5, 0.6) is 0 Å². The van der Waals surface area contributed by atoms with Crippen LogP contribution in [-0.2, 0) is 10.0 Å². The highest BCUT2D eigenvalue weighted by Gasteiger charge is 2.35. The van der Waals surface area contributed by atoms with Gasteiger partial charge in [-0.3, -0.25) is 0 Å². The molecule has 1 aromatic rings. The Morgan fingerprint density at radius 2 is 2.30 bits per heavy atom. The Bertz CT molecular complexity index is 609. The van der Waals surface area contributed by atoms with Gasteiger partial charge < -0.3 is 9.52 Å². The molecule has 0 aromatic carbocycles. The van der Waals surface area contributed by atoms with Gasteiger partial charge in [0.1, 0.15) is 4.90 Å². The number of aromatic carboxylic acids is 1. The normalized spacial score (nSPS) is 20.4. The molecule has 0 saturated carbocycles. The second-order valence-electron chi connectivity index (χ2n) is 4.86. The largest absolute Gasteiger partial charge is 0.475 e. The summed E-state index contributed by atoms with van der Waals surface area (Å²) in [6.07, 6.45) is 2.87. The standard InChI is InChI=1S/C12H16BrNO5S/c1-2-3-8-4-5-14(7-8)20(17,18)10-6-9(12(15)16)19-11(10)13/h6,8H,2-5,7H2,1H3,(H,15,16). The number of hydrogen-bond donors (Lipinski definition) is 1. The first kappa shape index (κ1) is 15.5. The fraction of sp³-hybridized carbons (Fsp3) is 0.583. The summed E-state index contributed by atoms with van der Waals surface area (Å²) in [5.41, 5.74) is 0. The zero-order chi connectivity index (χ0) is 14.9. The van der Waals surface area contributed by atoms with Gasteiger partial charge in [-0.2, -0.15) is 4.31 Å². The van der Waals surface area contributed by atoms with Crippen LogP contribution in [0, 0.1) is 5.92 Å². The molecule has 1 atom stereocenters. The minimum absolute atomic E-state index is 0.0613. The Morgan fingerprint density at radius 3 is 2.85 bits per heavy atom. The molecule has 6 nitrogen and oxygen atoms in total. The average molecular weight is 366 g/mol. The molecule has 1 aromatic heterocycles. The SMILES string of the molecule is CCCC1CCN(S(=O)(=O)c2cc(C(=O)O)oc2Br)C1. The van der Waals surface area contributed by atoms with Crippen molar-refractivity contribution in [3.63, 3.8) is 0 Å². The first-order valence-corrected chi connectivity index (χ1v) is 8.62. The third-order valence-electron chi connectivity index (χ3n) is 3.43. The van der Waals surface area contributed by atoms with Gasteiger partial charge in [-0.15, -0.1) is 0 Å². The van der Waals surface area contributed by atoms with E-state index in [4.69, 9.17) is 9.52 Å². The van der Waals surface area contributed by atoms with Crippen molar-refractivity contribution in [2.24, 2.45) is 5.92 Å². The van der Waals surface area contributed by atoms with Gasteiger partial charge in [-0.25, -0.2) is 13.2 Å². The van der Waals surface area contributed by atoms with Crippen molar-refractivity contribution in [1.82, 2.24) is 4.31 Å². The summed E-state index contributed by atoms with van der Waals surface area (Å²) >= 11 is 2.98. The number of sulfonamides is 1. The topological polar surface area (TPSA) is 87.8 Å². The Hall–Kier alpha value is -0.860. The van der Waals surface area contributed by atoms with Gasteiger partial charge >= 0.3 is 5.97 Å². The van der Waals surface area contributed by atoms with Crippen molar-refractivity contribution in [3.05, 3.63) is 16.5 Å². The molecule has 20 heavy (non-hydrogen) atoms. The van der Waals surface area contributed by atoms with E-state index < -0.39 is 16.0 Å². The molecule has 2 rings (SSSR count). The van der Waals surface area contributed by atoms with E-state index in [0.29, 0.717) is 19.0 Å². The maximum atomic E-state index is 12.5. The van der Waals surface area contributed by atoms with Crippen LogP contribution in [-0.4, -0.2) is 36.9 Å². The van der Waals surface area contributed by atoms with E-state index in [2.05, 4.69) is 22.9 Å². The van der Waals surface area contributed by atoms with E-state index in [1.807, 2.05) is 0 Å². The van der Waals surface area contributed by atoms with Crippen molar-refractivity contribution in [2.75, 3.05) is 13.1 Å². The van der Waals surface area contributed by atoms with Crippen LogP contribution in [0.4, 0.5) is 0 Å². The molecule has 2 heterocycles. The zero-order valence-corrected chi connectivity index (χ0v) is 13.4. The highest BCUT2D eigenvalue weighted by atomic mass is 79.9. The lowest BCUT2D eigenvalue weighted by Gasteiger charge is -2.15. The molecule has 0 amide bonds. The number of rotatable bonds is 5. The molecule has 0 aliphatic carbocycles. The second kappa shape index (κ2) is 5.87. The summed E-state index contributed by atoms with van der Waals surface area (Å²) in [6.45, 7) is 3.02. The molecule has 1 unspecified atom stereocenters.